The molecule has 1 aliphatic rings. The van der Waals surface area contributed by atoms with Gasteiger partial charge in [-0.25, -0.2) is 4.79 Å². The Morgan fingerprint density at radius 1 is 1.38 bits per heavy atom. The molecule has 2 atom stereocenters. The predicted molar refractivity (Wildman–Crippen MR) is 66.4 cm³/mol. The first-order valence-electron chi connectivity index (χ1n) is 6.32. The lowest BCUT2D eigenvalue weighted by Crippen LogP contribution is -2.38. The molecule has 0 saturated carbocycles. The third-order valence-corrected chi connectivity index (χ3v) is 3.15. The number of carbonyl (C=O) groups is 1. The maximum atomic E-state index is 11.4. The molecule has 1 rings (SSSR count). The molecule has 1 saturated heterocycles. The summed E-state index contributed by atoms with van der Waals surface area (Å²) in [6.07, 6.45) is 1.07. The van der Waals surface area contributed by atoms with Crippen molar-refractivity contribution in [2.75, 3.05) is 26.2 Å². The summed E-state index contributed by atoms with van der Waals surface area (Å²) in [5, 5.41) is 9.13. The summed E-state index contributed by atoms with van der Waals surface area (Å²) in [5.41, 5.74) is 0. The van der Waals surface area contributed by atoms with Crippen molar-refractivity contribution < 1.29 is 4.79 Å². The van der Waals surface area contributed by atoms with E-state index in [1.807, 2.05) is 0 Å². The fraction of sp³-hybridized carbons (Fsp3) is 0.917. The highest BCUT2D eigenvalue weighted by atomic mass is 16.2. The van der Waals surface area contributed by atoms with Crippen LogP contribution in [0.5, 0.6) is 0 Å². The van der Waals surface area contributed by atoms with Crippen LogP contribution in [-0.2, 0) is 0 Å². The molecule has 0 aliphatic carbocycles. The van der Waals surface area contributed by atoms with Crippen LogP contribution in [0.2, 0.25) is 0 Å². The topological polar surface area (TPSA) is 53.2 Å². The number of hydrogen-bond donors (Lipinski definition) is 3. The molecular weight excluding hydrogens is 202 g/mol. The number of carbonyl (C=O) groups excluding carboxylic acids is 1. The fourth-order valence-electron chi connectivity index (χ4n) is 1.98. The van der Waals surface area contributed by atoms with E-state index >= 15 is 0 Å². The van der Waals surface area contributed by atoms with Crippen molar-refractivity contribution in [2.24, 2.45) is 17.8 Å². The van der Waals surface area contributed by atoms with Crippen molar-refractivity contribution in [3.8, 4) is 0 Å². The van der Waals surface area contributed by atoms with Gasteiger partial charge in [-0.1, -0.05) is 20.8 Å². The maximum Gasteiger partial charge on any atom is 0.314 e. The van der Waals surface area contributed by atoms with Gasteiger partial charge in [-0.2, -0.15) is 0 Å². The normalized spacial score (nSPS) is 24.8. The van der Waals surface area contributed by atoms with E-state index < -0.39 is 0 Å². The third-order valence-electron chi connectivity index (χ3n) is 3.15. The van der Waals surface area contributed by atoms with Crippen LogP contribution in [0.15, 0.2) is 0 Å². The summed E-state index contributed by atoms with van der Waals surface area (Å²) < 4.78 is 0. The van der Waals surface area contributed by atoms with Crippen molar-refractivity contribution in [1.29, 1.82) is 0 Å². The zero-order valence-corrected chi connectivity index (χ0v) is 10.7. The van der Waals surface area contributed by atoms with Crippen LogP contribution in [-0.4, -0.2) is 32.2 Å². The van der Waals surface area contributed by atoms with Crippen molar-refractivity contribution in [3.05, 3.63) is 0 Å². The summed E-state index contributed by atoms with van der Waals surface area (Å²) >= 11 is 0. The molecule has 1 fully saturated rings. The molecule has 0 aromatic carbocycles. The van der Waals surface area contributed by atoms with Crippen LogP contribution in [0.25, 0.3) is 0 Å². The summed E-state index contributed by atoms with van der Waals surface area (Å²) in [6.45, 7) is 10.2. The van der Waals surface area contributed by atoms with Crippen LogP contribution >= 0.6 is 0 Å². The summed E-state index contributed by atoms with van der Waals surface area (Å²) in [6, 6.07) is -0.0349. The van der Waals surface area contributed by atoms with E-state index in [4.69, 9.17) is 0 Å². The zero-order chi connectivity index (χ0) is 12.0. The fourth-order valence-corrected chi connectivity index (χ4v) is 1.98. The van der Waals surface area contributed by atoms with Gasteiger partial charge in [0.05, 0.1) is 0 Å². The first-order valence-corrected chi connectivity index (χ1v) is 6.32. The van der Waals surface area contributed by atoms with Crippen molar-refractivity contribution >= 4 is 6.03 Å². The average Bonchev–Trinajstić information content (AvgIpc) is 2.61. The summed E-state index contributed by atoms with van der Waals surface area (Å²) in [7, 11) is 0. The quantitative estimate of drug-likeness (QED) is 0.661. The highest BCUT2D eigenvalue weighted by molar-refractivity contribution is 5.73. The Kier molecular flexibility index (Phi) is 5.60. The van der Waals surface area contributed by atoms with Crippen LogP contribution in [0.3, 0.4) is 0 Å². The van der Waals surface area contributed by atoms with Crippen LogP contribution in [0, 0.1) is 17.8 Å². The van der Waals surface area contributed by atoms with E-state index in [1.54, 1.807) is 0 Å². The monoisotopic (exact) mass is 227 g/mol. The van der Waals surface area contributed by atoms with E-state index in [-0.39, 0.29) is 6.03 Å². The molecule has 94 valence electrons. The maximum absolute atomic E-state index is 11.4. The van der Waals surface area contributed by atoms with Gasteiger partial charge in [0, 0.05) is 13.1 Å². The molecule has 0 radical (unpaired) electrons. The van der Waals surface area contributed by atoms with Gasteiger partial charge in [0.2, 0.25) is 0 Å². The Hall–Kier alpha value is -0.770. The first-order chi connectivity index (χ1) is 7.59. The Morgan fingerprint density at radius 2 is 2.12 bits per heavy atom. The molecule has 4 heteroatoms. The Balaban J connectivity index is 2.04. The van der Waals surface area contributed by atoms with Gasteiger partial charge in [-0.15, -0.1) is 0 Å². The molecule has 3 N–H and O–H groups in total. The molecular formula is C12H25N3O. The van der Waals surface area contributed by atoms with E-state index in [0.29, 0.717) is 11.8 Å². The Bertz CT molecular complexity index is 218. The Morgan fingerprint density at radius 3 is 2.69 bits per heavy atom. The van der Waals surface area contributed by atoms with E-state index in [1.165, 1.54) is 0 Å². The number of hydrogen-bond acceptors (Lipinski definition) is 2. The summed E-state index contributed by atoms with van der Waals surface area (Å²) in [5.74, 6) is 1.95. The number of amides is 2. The second-order valence-electron chi connectivity index (χ2n) is 5.21. The SMILES string of the molecule is CC(C)CNC(=O)NCC[C@@H]1CNC[C@H]1C. The molecule has 0 aromatic rings. The van der Waals surface area contributed by atoms with E-state index in [9.17, 15) is 4.79 Å². The van der Waals surface area contributed by atoms with Crippen LogP contribution < -0.4 is 16.0 Å². The second kappa shape index (κ2) is 6.74. The Labute approximate surface area is 98.6 Å². The lowest BCUT2D eigenvalue weighted by Gasteiger charge is -2.14. The van der Waals surface area contributed by atoms with Crippen molar-refractivity contribution in [3.63, 3.8) is 0 Å². The van der Waals surface area contributed by atoms with Gasteiger partial charge in [-0.05, 0) is 37.3 Å². The number of urea groups is 1. The van der Waals surface area contributed by atoms with Gasteiger partial charge in [0.25, 0.3) is 0 Å². The molecule has 1 heterocycles. The average molecular weight is 227 g/mol. The smallest absolute Gasteiger partial charge is 0.314 e. The standard InChI is InChI=1S/C12H25N3O/c1-9(2)6-15-12(16)14-5-4-11-8-13-7-10(11)3/h9-11,13H,4-8H2,1-3H3,(H2,14,15,16)/t10-,11-/m1/s1. The molecule has 2 amide bonds. The number of nitrogens with one attached hydrogen (secondary N) is 3. The summed E-state index contributed by atoms with van der Waals surface area (Å²) in [4.78, 5) is 11.4. The molecule has 4 nitrogen and oxygen atoms in total. The van der Waals surface area contributed by atoms with Gasteiger partial charge >= 0.3 is 6.03 Å². The lowest BCUT2D eigenvalue weighted by atomic mass is 9.95. The van der Waals surface area contributed by atoms with E-state index in [2.05, 4.69) is 36.7 Å². The largest absolute Gasteiger partial charge is 0.338 e. The molecule has 0 spiro atoms. The van der Waals surface area contributed by atoms with E-state index in [0.717, 1.165) is 38.5 Å². The minimum Gasteiger partial charge on any atom is -0.338 e. The number of rotatable bonds is 5. The van der Waals surface area contributed by atoms with Gasteiger partial charge in [0.1, 0.15) is 0 Å². The highest BCUT2D eigenvalue weighted by Gasteiger charge is 2.22. The predicted octanol–water partition coefficient (Wildman–Crippen LogP) is 1.19. The van der Waals surface area contributed by atoms with Gasteiger partial charge in [-0.3, -0.25) is 0 Å². The minimum absolute atomic E-state index is 0.0349. The molecule has 0 bridgehead atoms. The van der Waals surface area contributed by atoms with Crippen LogP contribution in [0.1, 0.15) is 27.2 Å². The zero-order valence-electron chi connectivity index (χ0n) is 10.7. The molecule has 0 aromatic heterocycles. The van der Waals surface area contributed by atoms with Crippen molar-refractivity contribution in [2.45, 2.75) is 27.2 Å². The highest BCUT2D eigenvalue weighted by Crippen LogP contribution is 2.18. The lowest BCUT2D eigenvalue weighted by molar-refractivity contribution is 0.238. The third kappa shape index (κ3) is 4.84. The van der Waals surface area contributed by atoms with Gasteiger partial charge < -0.3 is 16.0 Å². The second-order valence-corrected chi connectivity index (χ2v) is 5.21. The minimum atomic E-state index is -0.0349. The first kappa shape index (κ1) is 13.3. The van der Waals surface area contributed by atoms with Crippen molar-refractivity contribution in [1.82, 2.24) is 16.0 Å². The van der Waals surface area contributed by atoms with Gasteiger partial charge in [0.15, 0.2) is 0 Å². The molecule has 16 heavy (non-hydrogen) atoms. The molecule has 0 unspecified atom stereocenters. The molecule has 1 aliphatic heterocycles. The van der Waals surface area contributed by atoms with Crippen LogP contribution in [0.4, 0.5) is 4.79 Å².